The minimum Gasteiger partial charge on any atom is -0.459 e. The molecule has 1 N–H and O–H groups in total. The number of ether oxygens (including phenoxy) is 2. The maximum absolute atomic E-state index is 12.4. The number of benzene rings is 1. The average molecular weight is 577 g/mol. The number of nitrogens with zero attached hydrogens (tertiary/aromatic N) is 3. The molecule has 1 aromatic carbocycles. The fourth-order valence-electron chi connectivity index (χ4n) is 3.31. The number of rotatable bonds is 3. The number of hydrogen-bond acceptors (Lipinski definition) is 5. The summed E-state index contributed by atoms with van der Waals surface area (Å²) in [5, 5.41) is 3.38. The molecule has 3 heterocycles. The van der Waals surface area contributed by atoms with Gasteiger partial charge in [-0.25, -0.2) is 0 Å². The third-order valence-electron chi connectivity index (χ3n) is 4.75. The van der Waals surface area contributed by atoms with Crippen LogP contribution < -0.4 is 14.8 Å². The number of nitrogens with one attached hydrogen (secondary N) is 1. The summed E-state index contributed by atoms with van der Waals surface area (Å²) in [6.45, 7) is 3.50. The molecular weight excluding hydrogens is 555 g/mol. The van der Waals surface area contributed by atoms with E-state index in [1.54, 1.807) is 24.1 Å². The number of amides is 1. The van der Waals surface area contributed by atoms with Crippen LogP contribution in [0.1, 0.15) is 16.1 Å². The minimum absolute atomic E-state index is 0. The van der Waals surface area contributed by atoms with Crippen molar-refractivity contribution in [1.29, 1.82) is 0 Å². The zero-order valence-electron chi connectivity index (χ0n) is 15.9. The molecule has 0 spiro atoms. The lowest BCUT2D eigenvalue weighted by Gasteiger charge is -2.36. The van der Waals surface area contributed by atoms with Gasteiger partial charge < -0.3 is 29.0 Å². The van der Waals surface area contributed by atoms with Crippen LogP contribution in [0.25, 0.3) is 0 Å². The van der Waals surface area contributed by atoms with Crippen molar-refractivity contribution in [2.75, 3.05) is 40.0 Å². The Labute approximate surface area is 194 Å². The van der Waals surface area contributed by atoms with Crippen LogP contribution in [0.2, 0.25) is 0 Å². The first kappa shape index (κ1) is 21.8. The molecule has 0 unspecified atom stereocenters. The van der Waals surface area contributed by atoms with E-state index in [4.69, 9.17) is 13.9 Å². The third-order valence-corrected chi connectivity index (χ3v) is 5.34. The molecule has 0 atom stereocenters. The van der Waals surface area contributed by atoms with E-state index >= 15 is 0 Å². The van der Waals surface area contributed by atoms with E-state index < -0.39 is 0 Å². The highest BCUT2D eigenvalue weighted by Crippen LogP contribution is 2.39. The first-order valence-electron chi connectivity index (χ1n) is 9.02. The fraction of sp³-hybridized carbons (Fsp3) is 0.368. The summed E-state index contributed by atoms with van der Waals surface area (Å²) in [5.41, 5.74) is 1.06. The normalized spacial score (nSPS) is 15.9. The van der Waals surface area contributed by atoms with E-state index in [1.165, 1.54) is 6.26 Å². The summed E-state index contributed by atoms with van der Waals surface area (Å²) in [6, 6.07) is 7.39. The number of furan rings is 1. The maximum atomic E-state index is 12.4. The predicted octanol–water partition coefficient (Wildman–Crippen LogP) is 2.92. The van der Waals surface area contributed by atoms with Gasteiger partial charge in [0.25, 0.3) is 5.91 Å². The molecule has 2 aromatic rings. The molecule has 1 amide bonds. The van der Waals surface area contributed by atoms with E-state index in [2.05, 4.69) is 31.1 Å². The van der Waals surface area contributed by atoms with Crippen LogP contribution >= 0.6 is 39.9 Å². The van der Waals surface area contributed by atoms with Crippen LogP contribution in [0.15, 0.2) is 44.4 Å². The molecule has 0 aliphatic carbocycles. The Balaban J connectivity index is 0.00000240. The molecule has 8 nitrogen and oxygen atoms in total. The third kappa shape index (κ3) is 4.80. The fourth-order valence-corrected chi connectivity index (χ4v) is 3.92. The minimum atomic E-state index is -0.0715. The Morgan fingerprint density at radius 1 is 1.21 bits per heavy atom. The van der Waals surface area contributed by atoms with Gasteiger partial charge in [-0.15, -0.1) is 24.0 Å². The highest BCUT2D eigenvalue weighted by atomic mass is 127. The van der Waals surface area contributed by atoms with Crippen LogP contribution in [0, 0.1) is 0 Å². The summed E-state index contributed by atoms with van der Waals surface area (Å²) in [7, 11) is 1.76. The maximum Gasteiger partial charge on any atom is 0.289 e. The number of halogens is 2. The van der Waals surface area contributed by atoms with Crippen molar-refractivity contribution in [1.82, 2.24) is 15.1 Å². The van der Waals surface area contributed by atoms with Gasteiger partial charge in [0.2, 0.25) is 6.79 Å². The first-order chi connectivity index (χ1) is 13.7. The molecule has 0 saturated carbocycles. The second-order valence-corrected chi connectivity index (χ2v) is 7.32. The summed E-state index contributed by atoms with van der Waals surface area (Å²) in [4.78, 5) is 20.7. The summed E-state index contributed by atoms with van der Waals surface area (Å²) in [5.74, 6) is 2.60. The number of fused-ring (bicyclic) bond motifs is 1. The van der Waals surface area contributed by atoms with Crippen LogP contribution in [-0.2, 0) is 6.54 Å². The second-order valence-electron chi connectivity index (χ2n) is 6.47. The zero-order valence-corrected chi connectivity index (χ0v) is 19.8. The van der Waals surface area contributed by atoms with Gasteiger partial charge in [0.05, 0.1) is 10.7 Å². The van der Waals surface area contributed by atoms with E-state index in [0.29, 0.717) is 38.5 Å². The van der Waals surface area contributed by atoms with Gasteiger partial charge in [-0.1, -0.05) is 0 Å². The largest absolute Gasteiger partial charge is 0.459 e. The number of hydrogen-bond donors (Lipinski definition) is 1. The molecule has 1 fully saturated rings. The quantitative estimate of drug-likeness (QED) is 0.344. The van der Waals surface area contributed by atoms with Crippen molar-refractivity contribution in [2.45, 2.75) is 6.54 Å². The SMILES string of the molecule is CN=C(NCc1cc(Br)c2c(c1)OCO2)N1CCN(C(=O)c2ccco2)CC1.I. The Morgan fingerprint density at radius 2 is 1.97 bits per heavy atom. The number of carbonyl (C=O) groups is 1. The lowest BCUT2D eigenvalue weighted by atomic mass is 10.2. The van der Waals surface area contributed by atoms with Crippen LogP contribution in [0.4, 0.5) is 0 Å². The Bertz CT molecular complexity index is 883. The Morgan fingerprint density at radius 3 is 2.66 bits per heavy atom. The standard InChI is InChI=1S/C19H21BrN4O4.HI/c1-21-19(22-11-13-9-14(20)17-16(10-13)27-12-28-17)24-6-4-23(5-7-24)18(25)15-3-2-8-26-15;/h2-3,8-10H,4-7,11-12H2,1H3,(H,21,22);1H. The van der Waals surface area contributed by atoms with E-state index in [9.17, 15) is 4.79 Å². The van der Waals surface area contributed by atoms with Crippen molar-refractivity contribution in [3.63, 3.8) is 0 Å². The summed E-state index contributed by atoms with van der Waals surface area (Å²) < 4.78 is 17.0. The number of piperazine rings is 1. The van der Waals surface area contributed by atoms with Gasteiger partial charge in [-0.05, 0) is 45.8 Å². The van der Waals surface area contributed by atoms with E-state index in [-0.39, 0.29) is 36.7 Å². The first-order valence-corrected chi connectivity index (χ1v) is 9.81. The molecule has 0 radical (unpaired) electrons. The highest BCUT2D eigenvalue weighted by Gasteiger charge is 2.25. The van der Waals surface area contributed by atoms with Crippen LogP contribution in [-0.4, -0.2) is 61.7 Å². The van der Waals surface area contributed by atoms with Gasteiger partial charge in [0.1, 0.15) is 0 Å². The molecule has 0 bridgehead atoms. The molecule has 1 saturated heterocycles. The molecule has 1 aromatic heterocycles. The molecule has 2 aliphatic rings. The van der Waals surface area contributed by atoms with Gasteiger partial charge in [0, 0.05) is 39.8 Å². The van der Waals surface area contributed by atoms with Crippen molar-refractivity contribution in [3.8, 4) is 11.5 Å². The topological polar surface area (TPSA) is 79.5 Å². The molecule has 29 heavy (non-hydrogen) atoms. The summed E-state index contributed by atoms with van der Waals surface area (Å²) >= 11 is 3.52. The van der Waals surface area contributed by atoms with Gasteiger partial charge in [-0.2, -0.15) is 0 Å². The Kier molecular flexibility index (Phi) is 7.28. The predicted molar refractivity (Wildman–Crippen MR) is 122 cm³/mol. The zero-order chi connectivity index (χ0) is 19.5. The molecule has 156 valence electrons. The van der Waals surface area contributed by atoms with Crippen LogP contribution in [0.5, 0.6) is 11.5 Å². The highest BCUT2D eigenvalue weighted by molar-refractivity contribution is 14.0. The van der Waals surface area contributed by atoms with Crippen LogP contribution in [0.3, 0.4) is 0 Å². The average Bonchev–Trinajstić information content (AvgIpc) is 3.40. The van der Waals surface area contributed by atoms with E-state index in [0.717, 1.165) is 27.5 Å². The van der Waals surface area contributed by atoms with Gasteiger partial charge in [0.15, 0.2) is 23.2 Å². The van der Waals surface area contributed by atoms with Crippen molar-refractivity contribution < 1.29 is 18.7 Å². The molecule has 10 heteroatoms. The van der Waals surface area contributed by atoms with E-state index in [1.807, 2.05) is 12.1 Å². The number of aliphatic imine (C=N–C) groups is 1. The Hall–Kier alpha value is -1.95. The monoisotopic (exact) mass is 576 g/mol. The second kappa shape index (κ2) is 9.70. The lowest BCUT2D eigenvalue weighted by Crippen LogP contribution is -2.53. The number of guanidine groups is 1. The lowest BCUT2D eigenvalue weighted by molar-refractivity contribution is 0.0657. The van der Waals surface area contributed by atoms with Gasteiger partial charge in [-0.3, -0.25) is 9.79 Å². The molecule has 2 aliphatic heterocycles. The van der Waals surface area contributed by atoms with Crippen molar-refractivity contribution in [3.05, 3.63) is 46.3 Å². The summed E-state index contributed by atoms with van der Waals surface area (Å²) in [6.07, 6.45) is 1.52. The molecular formula is C19H22BrIN4O4. The van der Waals surface area contributed by atoms with Crippen molar-refractivity contribution >= 4 is 51.8 Å². The number of carbonyl (C=O) groups excluding carboxylic acids is 1. The van der Waals surface area contributed by atoms with Gasteiger partial charge >= 0.3 is 0 Å². The van der Waals surface area contributed by atoms with Crippen molar-refractivity contribution in [2.24, 2.45) is 4.99 Å². The molecule has 4 rings (SSSR count). The smallest absolute Gasteiger partial charge is 0.289 e.